The van der Waals surface area contributed by atoms with Crippen LogP contribution in [0.25, 0.3) is 10.9 Å². The maximum Gasteiger partial charge on any atom is 0.253 e. The first kappa shape index (κ1) is 17.6. The lowest BCUT2D eigenvalue weighted by Crippen LogP contribution is -2.26. The van der Waals surface area contributed by atoms with E-state index in [-0.39, 0.29) is 24.3 Å². The van der Waals surface area contributed by atoms with Crippen LogP contribution in [0.2, 0.25) is 5.02 Å². The number of nitrogens with one attached hydrogen (secondary N) is 2. The first-order valence-electron chi connectivity index (χ1n) is 8.94. The van der Waals surface area contributed by atoms with Crippen LogP contribution in [-0.2, 0) is 18.3 Å². The van der Waals surface area contributed by atoms with Crippen LogP contribution in [0.3, 0.4) is 0 Å². The Morgan fingerprint density at radius 1 is 1.19 bits per heavy atom. The molecule has 3 aromatic rings. The Hall–Kier alpha value is -2.79. The number of para-hydroxylation sites is 1. The molecule has 1 aliphatic carbocycles. The molecular weight excluding hydrogens is 362 g/mol. The van der Waals surface area contributed by atoms with Crippen molar-refractivity contribution < 1.29 is 9.59 Å². The predicted molar refractivity (Wildman–Crippen MR) is 107 cm³/mol. The zero-order chi connectivity index (χ0) is 19.0. The number of halogens is 1. The molecule has 0 spiro atoms. The Labute approximate surface area is 162 Å². The highest BCUT2D eigenvalue weighted by Crippen LogP contribution is 2.25. The van der Waals surface area contributed by atoms with Crippen molar-refractivity contribution in [1.82, 2.24) is 9.88 Å². The molecular formula is C21H20ClN3O2. The number of nitrogens with zero attached hydrogens (tertiary/aromatic N) is 1. The monoisotopic (exact) mass is 381 g/mol. The SMILES string of the molecule is Cn1cc(CC(=O)Nc2ccc(Cl)c(C(=O)NC3CC3)c2)c2ccccc21. The lowest BCUT2D eigenvalue weighted by molar-refractivity contribution is -0.115. The fourth-order valence-electron chi connectivity index (χ4n) is 3.21. The molecule has 0 bridgehead atoms. The molecule has 27 heavy (non-hydrogen) atoms. The van der Waals surface area contributed by atoms with Gasteiger partial charge in [0.15, 0.2) is 0 Å². The minimum Gasteiger partial charge on any atom is -0.350 e. The number of rotatable bonds is 5. The number of hydrogen-bond donors (Lipinski definition) is 2. The standard InChI is InChI=1S/C21H20ClN3O2/c1-25-12-13(16-4-2-3-5-19(16)25)10-20(26)23-15-8-9-18(22)17(11-15)21(27)24-14-6-7-14/h2-5,8-9,11-12,14H,6-7,10H2,1H3,(H,23,26)(H,24,27). The van der Waals surface area contributed by atoms with Crippen molar-refractivity contribution in [2.24, 2.45) is 7.05 Å². The zero-order valence-electron chi connectivity index (χ0n) is 15.0. The van der Waals surface area contributed by atoms with Gasteiger partial charge in [-0.3, -0.25) is 9.59 Å². The zero-order valence-corrected chi connectivity index (χ0v) is 15.7. The lowest BCUT2D eigenvalue weighted by atomic mass is 10.1. The molecule has 0 radical (unpaired) electrons. The quantitative estimate of drug-likeness (QED) is 0.704. The second-order valence-electron chi connectivity index (χ2n) is 6.95. The Balaban J connectivity index is 1.50. The largest absolute Gasteiger partial charge is 0.350 e. The van der Waals surface area contributed by atoms with Gasteiger partial charge in [0.05, 0.1) is 17.0 Å². The van der Waals surface area contributed by atoms with Gasteiger partial charge in [-0.15, -0.1) is 0 Å². The van der Waals surface area contributed by atoms with E-state index in [4.69, 9.17) is 11.6 Å². The first-order chi connectivity index (χ1) is 13.0. The highest BCUT2D eigenvalue weighted by atomic mass is 35.5. The summed E-state index contributed by atoms with van der Waals surface area (Å²) >= 11 is 6.15. The summed E-state index contributed by atoms with van der Waals surface area (Å²) in [6, 6.07) is 13.2. The Bertz CT molecular complexity index is 1040. The molecule has 1 fully saturated rings. The van der Waals surface area contributed by atoms with Crippen molar-refractivity contribution in [2.45, 2.75) is 25.3 Å². The number of aromatic nitrogens is 1. The summed E-state index contributed by atoms with van der Waals surface area (Å²) in [5.41, 5.74) is 2.99. The molecule has 5 nitrogen and oxygen atoms in total. The van der Waals surface area contributed by atoms with Crippen LogP contribution in [0.4, 0.5) is 5.69 Å². The number of benzene rings is 2. The van der Waals surface area contributed by atoms with E-state index in [1.807, 2.05) is 42.1 Å². The molecule has 0 saturated heterocycles. The third kappa shape index (κ3) is 3.83. The van der Waals surface area contributed by atoms with E-state index in [1.165, 1.54) is 0 Å². The van der Waals surface area contributed by atoms with E-state index in [0.717, 1.165) is 29.3 Å². The van der Waals surface area contributed by atoms with Crippen molar-refractivity contribution in [3.63, 3.8) is 0 Å². The van der Waals surface area contributed by atoms with Gasteiger partial charge in [-0.25, -0.2) is 0 Å². The summed E-state index contributed by atoms with van der Waals surface area (Å²) in [5.74, 6) is -0.338. The van der Waals surface area contributed by atoms with E-state index in [9.17, 15) is 9.59 Å². The molecule has 1 heterocycles. The predicted octanol–water partition coefficient (Wildman–Crippen LogP) is 3.91. The van der Waals surface area contributed by atoms with Crippen LogP contribution in [0.1, 0.15) is 28.8 Å². The van der Waals surface area contributed by atoms with Crippen LogP contribution in [0.15, 0.2) is 48.7 Å². The molecule has 0 aliphatic heterocycles. The number of carbonyl (C=O) groups is 2. The van der Waals surface area contributed by atoms with E-state index in [1.54, 1.807) is 18.2 Å². The Kier molecular flexibility index (Phi) is 4.62. The third-order valence-electron chi connectivity index (χ3n) is 4.74. The molecule has 1 aromatic heterocycles. The number of carbonyl (C=O) groups excluding carboxylic acids is 2. The van der Waals surface area contributed by atoms with Crippen LogP contribution < -0.4 is 10.6 Å². The summed E-state index contributed by atoms with van der Waals surface area (Å²) < 4.78 is 2.01. The van der Waals surface area contributed by atoms with Crippen LogP contribution >= 0.6 is 11.6 Å². The van der Waals surface area contributed by atoms with Gasteiger partial charge < -0.3 is 15.2 Å². The molecule has 2 N–H and O–H groups in total. The second-order valence-corrected chi connectivity index (χ2v) is 7.36. The maximum absolute atomic E-state index is 12.5. The first-order valence-corrected chi connectivity index (χ1v) is 9.32. The highest BCUT2D eigenvalue weighted by Gasteiger charge is 2.25. The van der Waals surface area contributed by atoms with Gasteiger partial charge in [0.2, 0.25) is 5.91 Å². The normalized spacial score (nSPS) is 13.6. The van der Waals surface area contributed by atoms with Gasteiger partial charge in [-0.05, 0) is 42.7 Å². The van der Waals surface area contributed by atoms with Crippen molar-refractivity contribution in [2.75, 3.05) is 5.32 Å². The summed E-state index contributed by atoms with van der Waals surface area (Å²) in [6.45, 7) is 0. The molecule has 2 aromatic carbocycles. The van der Waals surface area contributed by atoms with Gasteiger partial charge in [-0.2, -0.15) is 0 Å². The van der Waals surface area contributed by atoms with Gasteiger partial charge in [-0.1, -0.05) is 29.8 Å². The lowest BCUT2D eigenvalue weighted by Gasteiger charge is -2.09. The van der Waals surface area contributed by atoms with Gasteiger partial charge in [0.25, 0.3) is 5.91 Å². The number of aryl methyl sites for hydroxylation is 1. The highest BCUT2D eigenvalue weighted by molar-refractivity contribution is 6.34. The van der Waals surface area contributed by atoms with Crippen LogP contribution in [-0.4, -0.2) is 22.4 Å². The summed E-state index contributed by atoms with van der Waals surface area (Å²) in [7, 11) is 1.97. The Morgan fingerprint density at radius 3 is 2.74 bits per heavy atom. The number of anilines is 1. The number of hydrogen-bond acceptors (Lipinski definition) is 2. The Morgan fingerprint density at radius 2 is 1.96 bits per heavy atom. The fraction of sp³-hybridized carbons (Fsp3) is 0.238. The molecule has 1 aliphatic rings. The third-order valence-corrected chi connectivity index (χ3v) is 5.07. The van der Waals surface area contributed by atoms with Crippen molar-refractivity contribution in [3.05, 3.63) is 64.8 Å². The molecule has 0 unspecified atom stereocenters. The minimum absolute atomic E-state index is 0.137. The summed E-state index contributed by atoms with van der Waals surface area (Å²) in [5, 5.41) is 7.23. The van der Waals surface area contributed by atoms with Crippen molar-refractivity contribution in [1.29, 1.82) is 0 Å². The number of fused-ring (bicyclic) bond motifs is 1. The average molecular weight is 382 g/mol. The molecule has 0 atom stereocenters. The van der Waals surface area contributed by atoms with Crippen LogP contribution in [0, 0.1) is 0 Å². The number of amides is 2. The van der Waals surface area contributed by atoms with Gasteiger partial charge in [0.1, 0.15) is 0 Å². The maximum atomic E-state index is 12.5. The van der Waals surface area contributed by atoms with E-state index in [2.05, 4.69) is 10.6 Å². The topological polar surface area (TPSA) is 63.1 Å². The average Bonchev–Trinajstić information content (AvgIpc) is 3.41. The van der Waals surface area contributed by atoms with Crippen molar-refractivity contribution in [3.8, 4) is 0 Å². The molecule has 6 heteroatoms. The minimum atomic E-state index is -0.201. The van der Waals surface area contributed by atoms with Gasteiger partial charge >= 0.3 is 0 Å². The van der Waals surface area contributed by atoms with E-state index < -0.39 is 0 Å². The smallest absolute Gasteiger partial charge is 0.253 e. The second kappa shape index (κ2) is 7.08. The molecule has 2 amide bonds. The summed E-state index contributed by atoms with van der Waals surface area (Å²) in [6.07, 6.45) is 4.24. The fourth-order valence-corrected chi connectivity index (χ4v) is 3.42. The van der Waals surface area contributed by atoms with Crippen LogP contribution in [0.5, 0.6) is 0 Å². The van der Waals surface area contributed by atoms with E-state index >= 15 is 0 Å². The van der Waals surface area contributed by atoms with Gasteiger partial charge in [0, 0.05) is 35.9 Å². The molecule has 1 saturated carbocycles. The molecule has 4 rings (SSSR count). The van der Waals surface area contributed by atoms with E-state index in [0.29, 0.717) is 16.3 Å². The summed E-state index contributed by atoms with van der Waals surface area (Å²) in [4.78, 5) is 24.8. The van der Waals surface area contributed by atoms with Crippen molar-refractivity contribution >= 4 is 40.0 Å². The molecule has 138 valence electrons.